The lowest BCUT2D eigenvalue weighted by molar-refractivity contribution is -0.142. The molecule has 112 valence electrons. The molecule has 3 unspecified atom stereocenters. The molecule has 1 aromatic rings. The zero-order valence-corrected chi connectivity index (χ0v) is 12.2. The zero-order valence-electron chi connectivity index (χ0n) is 12.2. The zero-order chi connectivity index (χ0) is 14.7. The van der Waals surface area contributed by atoms with Crippen LogP contribution in [-0.2, 0) is 16.1 Å². The number of carboxylic acids is 1. The van der Waals surface area contributed by atoms with Gasteiger partial charge < -0.3 is 9.84 Å². The molecule has 2 rings (SSSR count). The number of hydrogen-bond acceptors (Lipinski definition) is 5. The first-order chi connectivity index (χ1) is 9.49. The third-order valence-electron chi connectivity index (χ3n) is 3.77. The van der Waals surface area contributed by atoms with E-state index in [0.717, 1.165) is 12.2 Å². The molecule has 1 aliphatic heterocycles. The molecule has 0 spiro atoms. The number of rotatable bonds is 6. The molecule has 0 amide bonds. The minimum atomic E-state index is -0.795. The summed E-state index contributed by atoms with van der Waals surface area (Å²) in [5, 5.41) is 21.1. The first-order valence-electron chi connectivity index (χ1n) is 7.09. The summed E-state index contributed by atoms with van der Waals surface area (Å²) in [6.45, 7) is 7.05. The molecule has 3 atom stereocenters. The molecule has 7 nitrogen and oxygen atoms in total. The second kappa shape index (κ2) is 6.30. The van der Waals surface area contributed by atoms with Crippen molar-refractivity contribution in [3.8, 4) is 0 Å². The van der Waals surface area contributed by atoms with Gasteiger partial charge in [-0.3, -0.25) is 4.79 Å². The molecule has 2 heterocycles. The Morgan fingerprint density at radius 3 is 2.85 bits per heavy atom. The minimum absolute atomic E-state index is 0.0770. The van der Waals surface area contributed by atoms with Crippen LogP contribution in [0.5, 0.6) is 0 Å². The number of carboxylic acid groups (broad SMARTS) is 1. The maximum absolute atomic E-state index is 11.4. The Labute approximate surface area is 118 Å². The molecule has 0 aliphatic carbocycles. The lowest BCUT2D eigenvalue weighted by Gasteiger charge is -2.17. The van der Waals surface area contributed by atoms with Crippen molar-refractivity contribution in [2.24, 2.45) is 11.8 Å². The molecular formula is C13H22N4O3. The van der Waals surface area contributed by atoms with Crippen molar-refractivity contribution in [2.75, 3.05) is 6.61 Å². The maximum Gasteiger partial charge on any atom is 0.308 e. The van der Waals surface area contributed by atoms with Gasteiger partial charge in [0.05, 0.1) is 18.6 Å². The highest BCUT2D eigenvalue weighted by atomic mass is 16.5. The molecule has 1 aliphatic rings. The van der Waals surface area contributed by atoms with E-state index in [9.17, 15) is 9.90 Å². The van der Waals surface area contributed by atoms with Gasteiger partial charge in [0.1, 0.15) is 0 Å². The first kappa shape index (κ1) is 14.9. The fraction of sp³-hybridized carbons (Fsp3) is 0.846. The van der Waals surface area contributed by atoms with E-state index in [1.807, 2.05) is 20.8 Å². The van der Waals surface area contributed by atoms with Crippen molar-refractivity contribution in [3.63, 3.8) is 0 Å². The van der Waals surface area contributed by atoms with Crippen LogP contribution < -0.4 is 0 Å². The number of carbonyl (C=O) groups is 1. The topological polar surface area (TPSA) is 90.1 Å². The van der Waals surface area contributed by atoms with Crippen LogP contribution in [0, 0.1) is 11.8 Å². The van der Waals surface area contributed by atoms with E-state index in [1.165, 1.54) is 0 Å². The van der Waals surface area contributed by atoms with Crippen molar-refractivity contribution in [2.45, 2.75) is 52.2 Å². The third kappa shape index (κ3) is 3.33. The summed E-state index contributed by atoms with van der Waals surface area (Å²) < 4.78 is 7.17. The van der Waals surface area contributed by atoms with Crippen molar-refractivity contribution >= 4 is 5.97 Å². The molecular weight excluding hydrogens is 260 g/mol. The summed E-state index contributed by atoms with van der Waals surface area (Å²) in [5.74, 6) is -0.0426. The summed E-state index contributed by atoms with van der Waals surface area (Å²) in [6, 6.07) is 0. The quantitative estimate of drug-likeness (QED) is 0.846. The molecule has 7 heteroatoms. The predicted molar refractivity (Wildman–Crippen MR) is 71.2 cm³/mol. The highest BCUT2D eigenvalue weighted by Gasteiger charge is 2.32. The number of tetrazole rings is 1. The first-order valence-corrected chi connectivity index (χ1v) is 7.09. The van der Waals surface area contributed by atoms with Gasteiger partial charge >= 0.3 is 5.97 Å². The summed E-state index contributed by atoms with van der Waals surface area (Å²) >= 11 is 0. The van der Waals surface area contributed by atoms with E-state index in [-0.39, 0.29) is 12.0 Å². The van der Waals surface area contributed by atoms with Gasteiger partial charge in [0.25, 0.3) is 0 Å². The number of nitrogens with zero attached hydrogens (tertiary/aromatic N) is 4. The largest absolute Gasteiger partial charge is 0.481 e. The van der Waals surface area contributed by atoms with Gasteiger partial charge in [-0.25, -0.2) is 4.68 Å². The van der Waals surface area contributed by atoms with Crippen LogP contribution >= 0.6 is 0 Å². The molecule has 0 radical (unpaired) electrons. The van der Waals surface area contributed by atoms with Crippen molar-refractivity contribution < 1.29 is 14.6 Å². The van der Waals surface area contributed by atoms with Crippen LogP contribution in [0.1, 0.15) is 45.4 Å². The lowest BCUT2D eigenvalue weighted by atomic mass is 9.96. The van der Waals surface area contributed by atoms with Crippen LogP contribution in [0.4, 0.5) is 0 Å². The fourth-order valence-electron chi connectivity index (χ4n) is 2.71. The second-order valence-electron chi connectivity index (χ2n) is 5.85. The Hall–Kier alpha value is -1.50. The average Bonchev–Trinajstić information content (AvgIpc) is 2.96. The van der Waals surface area contributed by atoms with Gasteiger partial charge in [0.2, 0.25) is 0 Å². The predicted octanol–water partition coefficient (Wildman–Crippen LogP) is 1.31. The Morgan fingerprint density at radius 1 is 1.55 bits per heavy atom. The van der Waals surface area contributed by atoms with Crippen LogP contribution in [0.2, 0.25) is 0 Å². The minimum Gasteiger partial charge on any atom is -0.481 e. The molecule has 0 saturated carbocycles. The summed E-state index contributed by atoms with van der Waals surface area (Å²) in [5.41, 5.74) is 0. The molecule has 0 bridgehead atoms. The lowest BCUT2D eigenvalue weighted by Crippen LogP contribution is -2.25. The Bertz CT molecular complexity index is 460. The van der Waals surface area contributed by atoms with Crippen LogP contribution in [-0.4, -0.2) is 44.0 Å². The molecule has 1 fully saturated rings. The van der Waals surface area contributed by atoms with Gasteiger partial charge in [0.15, 0.2) is 5.82 Å². The van der Waals surface area contributed by atoms with Crippen LogP contribution in [0.3, 0.4) is 0 Å². The van der Waals surface area contributed by atoms with E-state index in [2.05, 4.69) is 15.5 Å². The average molecular weight is 282 g/mol. The van der Waals surface area contributed by atoms with Crippen molar-refractivity contribution in [3.05, 3.63) is 5.82 Å². The SMILES string of the molecule is CC(C)CC(Cn1nnnc1C1CCOC1C)C(=O)O. The van der Waals surface area contributed by atoms with E-state index < -0.39 is 11.9 Å². The van der Waals surface area contributed by atoms with E-state index in [0.29, 0.717) is 25.5 Å². The third-order valence-corrected chi connectivity index (χ3v) is 3.77. The Morgan fingerprint density at radius 2 is 2.30 bits per heavy atom. The molecule has 0 aromatic carbocycles. The smallest absolute Gasteiger partial charge is 0.308 e. The fourth-order valence-corrected chi connectivity index (χ4v) is 2.71. The van der Waals surface area contributed by atoms with Gasteiger partial charge in [0, 0.05) is 12.5 Å². The number of aromatic nitrogens is 4. The van der Waals surface area contributed by atoms with E-state index in [4.69, 9.17) is 4.74 Å². The van der Waals surface area contributed by atoms with Gasteiger partial charge in [-0.2, -0.15) is 0 Å². The van der Waals surface area contributed by atoms with Gasteiger partial charge in [-0.05, 0) is 36.1 Å². The Kier molecular flexibility index (Phi) is 4.69. The van der Waals surface area contributed by atoms with E-state index in [1.54, 1.807) is 4.68 Å². The van der Waals surface area contributed by atoms with Crippen LogP contribution in [0.15, 0.2) is 0 Å². The normalized spacial score (nSPS) is 24.2. The second-order valence-corrected chi connectivity index (χ2v) is 5.85. The maximum atomic E-state index is 11.4. The summed E-state index contributed by atoms with van der Waals surface area (Å²) in [4.78, 5) is 11.4. The highest BCUT2D eigenvalue weighted by Crippen LogP contribution is 2.29. The summed E-state index contributed by atoms with van der Waals surface area (Å²) in [6.07, 6.45) is 1.57. The van der Waals surface area contributed by atoms with Crippen molar-refractivity contribution in [1.82, 2.24) is 20.2 Å². The molecule has 1 saturated heterocycles. The van der Waals surface area contributed by atoms with Gasteiger partial charge in [-0.15, -0.1) is 5.10 Å². The van der Waals surface area contributed by atoms with Crippen LogP contribution in [0.25, 0.3) is 0 Å². The van der Waals surface area contributed by atoms with E-state index >= 15 is 0 Å². The number of hydrogen-bond donors (Lipinski definition) is 1. The van der Waals surface area contributed by atoms with Gasteiger partial charge in [-0.1, -0.05) is 13.8 Å². The van der Waals surface area contributed by atoms with Crippen molar-refractivity contribution in [1.29, 1.82) is 0 Å². The summed E-state index contributed by atoms with van der Waals surface area (Å²) in [7, 11) is 0. The Balaban J connectivity index is 2.12. The number of ether oxygens (including phenoxy) is 1. The number of aliphatic carboxylic acids is 1. The standard InChI is InChI=1S/C13H22N4O3/c1-8(2)6-10(13(18)19)7-17-12(14-15-16-17)11-4-5-20-9(11)3/h8-11H,4-7H2,1-3H3,(H,18,19). The molecule has 20 heavy (non-hydrogen) atoms. The highest BCUT2D eigenvalue weighted by molar-refractivity contribution is 5.69. The molecule has 1 aromatic heterocycles. The monoisotopic (exact) mass is 282 g/mol. The molecule has 1 N–H and O–H groups in total.